The standard InChI is InChI=1S/C23H27NO3/c1-14-7-5-6-11-24(14)12-10-16-13-19(25)15(2)20-21(16)23(27)18-9-4-3-8-17(18)22(20)26/h3-4,8-9,14-16H,5-7,10-13H2,1-2H3. The smallest absolute Gasteiger partial charge is 0.190 e. The van der Waals surface area contributed by atoms with Crippen LogP contribution in [0.5, 0.6) is 0 Å². The Hall–Kier alpha value is -2.07. The van der Waals surface area contributed by atoms with E-state index in [2.05, 4.69) is 11.8 Å². The number of likely N-dealkylation sites (tertiary alicyclic amines) is 1. The van der Waals surface area contributed by atoms with Gasteiger partial charge in [-0.2, -0.15) is 0 Å². The first-order valence-corrected chi connectivity index (χ1v) is 10.2. The number of carbonyl (C=O) groups excluding carboxylic acids is 3. The number of ketones is 3. The van der Waals surface area contributed by atoms with Crippen molar-refractivity contribution < 1.29 is 14.4 Å². The normalized spacial score (nSPS) is 29.0. The average molecular weight is 365 g/mol. The van der Waals surface area contributed by atoms with Gasteiger partial charge in [-0.25, -0.2) is 0 Å². The monoisotopic (exact) mass is 365 g/mol. The molecular formula is C23H27NO3. The van der Waals surface area contributed by atoms with E-state index >= 15 is 0 Å². The van der Waals surface area contributed by atoms with Gasteiger partial charge in [-0.05, 0) is 45.2 Å². The minimum atomic E-state index is -0.477. The number of carbonyl (C=O) groups is 3. The number of allylic oxidation sites excluding steroid dienone is 2. The van der Waals surface area contributed by atoms with Crippen molar-refractivity contribution in [3.8, 4) is 0 Å². The van der Waals surface area contributed by atoms with E-state index in [1.807, 2.05) is 0 Å². The minimum absolute atomic E-state index is 0.0451. The van der Waals surface area contributed by atoms with Crippen LogP contribution in [0, 0.1) is 11.8 Å². The molecule has 4 heteroatoms. The third kappa shape index (κ3) is 3.10. The summed E-state index contributed by atoms with van der Waals surface area (Å²) in [7, 11) is 0. The summed E-state index contributed by atoms with van der Waals surface area (Å²) in [6.45, 7) is 6.00. The van der Waals surface area contributed by atoms with Crippen molar-refractivity contribution in [3.05, 3.63) is 46.5 Å². The molecule has 0 aromatic heterocycles. The number of piperidine rings is 1. The van der Waals surface area contributed by atoms with Crippen LogP contribution in [0.3, 0.4) is 0 Å². The Labute approximate surface area is 160 Å². The van der Waals surface area contributed by atoms with Gasteiger partial charge in [0.2, 0.25) is 0 Å². The number of nitrogens with zero attached hydrogens (tertiary/aromatic N) is 1. The lowest BCUT2D eigenvalue weighted by Gasteiger charge is -2.37. The molecule has 1 fully saturated rings. The molecule has 1 aromatic rings. The molecule has 4 rings (SSSR count). The molecule has 3 atom stereocenters. The van der Waals surface area contributed by atoms with Crippen molar-refractivity contribution in [1.29, 1.82) is 0 Å². The molecule has 1 saturated heterocycles. The second-order valence-electron chi connectivity index (χ2n) is 8.29. The fourth-order valence-corrected chi connectivity index (χ4v) is 4.99. The van der Waals surface area contributed by atoms with Crippen LogP contribution in [0.4, 0.5) is 0 Å². The van der Waals surface area contributed by atoms with Gasteiger partial charge in [0, 0.05) is 40.7 Å². The summed E-state index contributed by atoms with van der Waals surface area (Å²) >= 11 is 0. The topological polar surface area (TPSA) is 54.5 Å². The Morgan fingerprint density at radius 3 is 2.30 bits per heavy atom. The quantitative estimate of drug-likeness (QED) is 0.816. The Bertz CT molecular complexity index is 838. The number of rotatable bonds is 3. The van der Waals surface area contributed by atoms with E-state index in [4.69, 9.17) is 0 Å². The summed E-state index contributed by atoms with van der Waals surface area (Å²) in [6.07, 6.45) is 4.84. The lowest BCUT2D eigenvalue weighted by molar-refractivity contribution is -0.122. The number of hydrogen-bond donors (Lipinski definition) is 0. The maximum atomic E-state index is 13.2. The van der Waals surface area contributed by atoms with Crippen molar-refractivity contribution in [2.24, 2.45) is 11.8 Å². The first-order chi connectivity index (χ1) is 13.0. The molecule has 0 N–H and O–H groups in total. The van der Waals surface area contributed by atoms with Crippen LogP contribution in [-0.2, 0) is 4.79 Å². The van der Waals surface area contributed by atoms with E-state index in [1.165, 1.54) is 19.3 Å². The summed E-state index contributed by atoms with van der Waals surface area (Å²) in [5.74, 6) is -0.697. The predicted octanol–water partition coefficient (Wildman–Crippen LogP) is 3.85. The van der Waals surface area contributed by atoms with Crippen molar-refractivity contribution in [3.63, 3.8) is 0 Å². The Morgan fingerprint density at radius 1 is 0.963 bits per heavy atom. The zero-order valence-corrected chi connectivity index (χ0v) is 16.2. The molecule has 3 unspecified atom stereocenters. The highest BCUT2D eigenvalue weighted by Gasteiger charge is 2.43. The highest BCUT2D eigenvalue weighted by Crippen LogP contribution is 2.41. The molecule has 0 spiro atoms. The van der Waals surface area contributed by atoms with Gasteiger partial charge in [0.15, 0.2) is 11.6 Å². The van der Waals surface area contributed by atoms with Crippen LogP contribution >= 0.6 is 0 Å². The zero-order chi connectivity index (χ0) is 19.1. The second kappa shape index (κ2) is 7.16. The molecule has 0 amide bonds. The Morgan fingerprint density at radius 2 is 1.63 bits per heavy atom. The fourth-order valence-electron chi connectivity index (χ4n) is 4.99. The lowest BCUT2D eigenvalue weighted by atomic mass is 9.67. The van der Waals surface area contributed by atoms with Crippen molar-refractivity contribution in [1.82, 2.24) is 4.90 Å². The first kappa shape index (κ1) is 18.3. The van der Waals surface area contributed by atoms with Gasteiger partial charge in [0.1, 0.15) is 5.78 Å². The van der Waals surface area contributed by atoms with Crippen LogP contribution in [0.1, 0.15) is 66.7 Å². The van der Waals surface area contributed by atoms with Gasteiger partial charge < -0.3 is 4.90 Å². The molecule has 1 heterocycles. The van der Waals surface area contributed by atoms with Gasteiger partial charge in [-0.3, -0.25) is 14.4 Å². The molecular weight excluding hydrogens is 338 g/mol. The van der Waals surface area contributed by atoms with Crippen molar-refractivity contribution in [2.45, 2.75) is 52.0 Å². The number of benzene rings is 1. The van der Waals surface area contributed by atoms with E-state index < -0.39 is 5.92 Å². The Balaban J connectivity index is 1.66. The minimum Gasteiger partial charge on any atom is -0.301 e. The van der Waals surface area contributed by atoms with Gasteiger partial charge in [0.25, 0.3) is 0 Å². The molecule has 0 radical (unpaired) electrons. The maximum absolute atomic E-state index is 13.2. The molecule has 3 aliphatic rings. The fraction of sp³-hybridized carbons (Fsp3) is 0.522. The van der Waals surface area contributed by atoms with Crippen LogP contribution in [0.2, 0.25) is 0 Å². The maximum Gasteiger partial charge on any atom is 0.190 e. The molecule has 1 aliphatic heterocycles. The highest BCUT2D eigenvalue weighted by atomic mass is 16.1. The summed E-state index contributed by atoms with van der Waals surface area (Å²) in [5.41, 5.74) is 2.03. The van der Waals surface area contributed by atoms with Gasteiger partial charge in [-0.15, -0.1) is 0 Å². The van der Waals surface area contributed by atoms with Gasteiger partial charge in [-0.1, -0.05) is 37.6 Å². The third-order valence-electron chi connectivity index (χ3n) is 6.67. The molecule has 1 aromatic carbocycles. The Kier molecular flexibility index (Phi) is 4.85. The lowest BCUT2D eigenvalue weighted by Crippen LogP contribution is -2.41. The van der Waals surface area contributed by atoms with Crippen molar-refractivity contribution in [2.75, 3.05) is 13.1 Å². The van der Waals surface area contributed by atoms with Crippen LogP contribution < -0.4 is 0 Å². The van der Waals surface area contributed by atoms with E-state index in [0.717, 1.165) is 19.5 Å². The van der Waals surface area contributed by atoms with Gasteiger partial charge >= 0.3 is 0 Å². The van der Waals surface area contributed by atoms with Crippen LogP contribution in [-0.4, -0.2) is 41.4 Å². The average Bonchev–Trinajstić information content (AvgIpc) is 2.67. The summed E-state index contributed by atoms with van der Waals surface area (Å²) < 4.78 is 0. The van der Waals surface area contributed by atoms with Crippen LogP contribution in [0.25, 0.3) is 0 Å². The van der Waals surface area contributed by atoms with E-state index in [-0.39, 0.29) is 23.3 Å². The molecule has 4 nitrogen and oxygen atoms in total. The molecule has 27 heavy (non-hydrogen) atoms. The first-order valence-electron chi connectivity index (χ1n) is 10.2. The SMILES string of the molecule is CC1C(=O)CC(CCN2CCCCC2C)C2=C1C(=O)c1ccccc1C2=O. The molecule has 0 bridgehead atoms. The predicted molar refractivity (Wildman–Crippen MR) is 104 cm³/mol. The zero-order valence-electron chi connectivity index (χ0n) is 16.2. The van der Waals surface area contributed by atoms with E-state index in [9.17, 15) is 14.4 Å². The summed E-state index contributed by atoms with van der Waals surface area (Å²) in [5, 5.41) is 0. The second-order valence-corrected chi connectivity index (χ2v) is 8.29. The summed E-state index contributed by atoms with van der Waals surface area (Å²) in [4.78, 5) is 41.4. The highest BCUT2D eigenvalue weighted by molar-refractivity contribution is 6.29. The summed E-state index contributed by atoms with van der Waals surface area (Å²) in [6, 6.07) is 7.58. The number of Topliss-reactive ketones (excluding diaryl/α,β-unsaturated/α-hetero) is 3. The number of fused-ring (bicyclic) bond motifs is 1. The molecule has 2 aliphatic carbocycles. The van der Waals surface area contributed by atoms with Crippen molar-refractivity contribution >= 4 is 17.3 Å². The van der Waals surface area contributed by atoms with Crippen LogP contribution in [0.15, 0.2) is 35.4 Å². The number of hydrogen-bond acceptors (Lipinski definition) is 4. The van der Waals surface area contributed by atoms with Gasteiger partial charge in [0.05, 0.1) is 0 Å². The van der Waals surface area contributed by atoms with E-state index in [1.54, 1.807) is 31.2 Å². The largest absolute Gasteiger partial charge is 0.301 e. The molecule has 142 valence electrons. The molecule has 0 saturated carbocycles. The third-order valence-corrected chi connectivity index (χ3v) is 6.67. The van der Waals surface area contributed by atoms with E-state index in [0.29, 0.717) is 34.7 Å².